The molecule has 1 atom stereocenters. The molecule has 3 rings (SSSR count). The Morgan fingerprint density at radius 2 is 1.71 bits per heavy atom. The van der Waals surface area contributed by atoms with Crippen LogP contribution in [0.15, 0.2) is 30.3 Å². The molecule has 1 aliphatic carbocycles. The van der Waals surface area contributed by atoms with Crippen LogP contribution in [0.25, 0.3) is 0 Å². The van der Waals surface area contributed by atoms with Crippen LogP contribution in [0.4, 0.5) is 4.79 Å². The topological polar surface area (TPSA) is 61.4 Å². The Balaban J connectivity index is 1.63. The zero-order valence-electron chi connectivity index (χ0n) is 14.2. The van der Waals surface area contributed by atoms with Gasteiger partial charge in [-0.25, -0.2) is 4.79 Å². The summed E-state index contributed by atoms with van der Waals surface area (Å²) in [7, 11) is 0. The van der Waals surface area contributed by atoms with Gasteiger partial charge in [0.2, 0.25) is 5.91 Å². The molecule has 1 aromatic carbocycles. The number of hydrogen-bond donors (Lipinski definition) is 2. The number of likely N-dealkylation sites (tertiary alicyclic amines) is 1. The van der Waals surface area contributed by atoms with Gasteiger partial charge in [-0.2, -0.15) is 0 Å². The van der Waals surface area contributed by atoms with Crippen molar-refractivity contribution in [1.29, 1.82) is 0 Å². The van der Waals surface area contributed by atoms with Crippen molar-refractivity contribution in [2.75, 3.05) is 13.1 Å². The van der Waals surface area contributed by atoms with Crippen molar-refractivity contribution < 1.29 is 9.59 Å². The predicted molar refractivity (Wildman–Crippen MR) is 93.7 cm³/mol. The molecular formula is C19H27N3O2. The quantitative estimate of drug-likeness (QED) is 0.872. The van der Waals surface area contributed by atoms with E-state index in [4.69, 9.17) is 0 Å². The highest BCUT2D eigenvalue weighted by atomic mass is 16.2. The Morgan fingerprint density at radius 1 is 1.04 bits per heavy atom. The van der Waals surface area contributed by atoms with Crippen LogP contribution in [-0.2, 0) is 11.2 Å². The normalized spacial score (nSPS) is 19.2. The number of urea groups is 1. The van der Waals surface area contributed by atoms with Gasteiger partial charge in [0, 0.05) is 25.6 Å². The highest BCUT2D eigenvalue weighted by Crippen LogP contribution is 2.17. The first-order valence-electron chi connectivity index (χ1n) is 9.12. The summed E-state index contributed by atoms with van der Waals surface area (Å²) in [6, 6.07) is 9.44. The lowest BCUT2D eigenvalue weighted by Crippen LogP contribution is -2.53. The third-order valence-corrected chi connectivity index (χ3v) is 4.99. The van der Waals surface area contributed by atoms with Crippen LogP contribution < -0.4 is 10.6 Å². The third-order valence-electron chi connectivity index (χ3n) is 4.99. The van der Waals surface area contributed by atoms with Gasteiger partial charge in [0.1, 0.15) is 6.04 Å². The molecule has 1 saturated carbocycles. The zero-order chi connectivity index (χ0) is 16.8. The van der Waals surface area contributed by atoms with Crippen molar-refractivity contribution in [3.63, 3.8) is 0 Å². The van der Waals surface area contributed by atoms with Crippen molar-refractivity contribution in [3.05, 3.63) is 35.9 Å². The fourth-order valence-corrected chi connectivity index (χ4v) is 3.66. The number of amides is 3. The maximum Gasteiger partial charge on any atom is 0.315 e. The number of benzene rings is 1. The molecule has 24 heavy (non-hydrogen) atoms. The van der Waals surface area contributed by atoms with Gasteiger partial charge >= 0.3 is 6.03 Å². The van der Waals surface area contributed by atoms with Gasteiger partial charge in [0.25, 0.3) is 0 Å². The van der Waals surface area contributed by atoms with E-state index in [1.54, 1.807) is 0 Å². The zero-order valence-corrected chi connectivity index (χ0v) is 14.2. The summed E-state index contributed by atoms with van der Waals surface area (Å²) in [6.07, 6.45) is 7.06. The van der Waals surface area contributed by atoms with E-state index in [1.165, 1.54) is 12.8 Å². The third kappa shape index (κ3) is 4.49. The van der Waals surface area contributed by atoms with E-state index in [0.717, 1.165) is 44.3 Å². The molecule has 0 aromatic heterocycles. The fourth-order valence-electron chi connectivity index (χ4n) is 3.66. The molecule has 1 aromatic rings. The number of carbonyl (C=O) groups is 2. The number of carbonyl (C=O) groups excluding carboxylic acids is 2. The first kappa shape index (κ1) is 16.8. The number of hydrogen-bond acceptors (Lipinski definition) is 2. The molecule has 0 bridgehead atoms. The summed E-state index contributed by atoms with van der Waals surface area (Å²) < 4.78 is 0. The predicted octanol–water partition coefficient (Wildman–Crippen LogP) is 2.46. The van der Waals surface area contributed by atoms with Gasteiger partial charge in [0.05, 0.1) is 0 Å². The van der Waals surface area contributed by atoms with Crippen molar-refractivity contribution in [3.8, 4) is 0 Å². The molecule has 1 saturated heterocycles. The Kier molecular flexibility index (Phi) is 5.72. The van der Waals surface area contributed by atoms with E-state index in [2.05, 4.69) is 10.6 Å². The van der Waals surface area contributed by atoms with Gasteiger partial charge in [-0.3, -0.25) is 4.79 Å². The second-order valence-electron chi connectivity index (χ2n) is 6.87. The minimum Gasteiger partial charge on any atom is -0.341 e. The number of rotatable bonds is 5. The minimum absolute atomic E-state index is 0.0397. The SMILES string of the molecule is O=C(NC1CCCC1)NC(Cc1ccccc1)C(=O)N1CCCC1. The van der Waals surface area contributed by atoms with Crippen LogP contribution >= 0.6 is 0 Å². The van der Waals surface area contributed by atoms with E-state index < -0.39 is 6.04 Å². The Bertz CT molecular complexity index is 549. The molecule has 5 heteroatoms. The average Bonchev–Trinajstić information content (AvgIpc) is 3.28. The summed E-state index contributed by atoms with van der Waals surface area (Å²) in [4.78, 5) is 27.0. The van der Waals surface area contributed by atoms with Crippen LogP contribution in [0.2, 0.25) is 0 Å². The van der Waals surface area contributed by atoms with E-state index in [1.807, 2.05) is 35.2 Å². The summed E-state index contributed by atoms with van der Waals surface area (Å²) >= 11 is 0. The van der Waals surface area contributed by atoms with E-state index in [-0.39, 0.29) is 18.0 Å². The second-order valence-corrected chi connectivity index (χ2v) is 6.87. The first-order valence-corrected chi connectivity index (χ1v) is 9.12. The maximum absolute atomic E-state index is 12.8. The molecule has 1 heterocycles. The molecule has 2 aliphatic rings. The van der Waals surface area contributed by atoms with Crippen LogP contribution in [0.3, 0.4) is 0 Å². The van der Waals surface area contributed by atoms with Crippen LogP contribution in [0.5, 0.6) is 0 Å². The molecule has 5 nitrogen and oxygen atoms in total. The molecule has 1 unspecified atom stereocenters. The number of nitrogens with one attached hydrogen (secondary N) is 2. The van der Waals surface area contributed by atoms with Gasteiger partial charge in [-0.1, -0.05) is 43.2 Å². The summed E-state index contributed by atoms with van der Waals surface area (Å²) in [5.41, 5.74) is 1.07. The first-order chi connectivity index (χ1) is 11.7. The molecule has 3 amide bonds. The minimum atomic E-state index is -0.494. The smallest absolute Gasteiger partial charge is 0.315 e. The second kappa shape index (κ2) is 8.18. The molecule has 130 valence electrons. The Hall–Kier alpha value is -2.04. The van der Waals surface area contributed by atoms with Gasteiger partial charge in [-0.15, -0.1) is 0 Å². The summed E-state index contributed by atoms with van der Waals surface area (Å²) in [6.45, 7) is 1.60. The highest BCUT2D eigenvalue weighted by molar-refractivity contribution is 5.87. The van der Waals surface area contributed by atoms with Gasteiger partial charge in [-0.05, 0) is 31.2 Å². The van der Waals surface area contributed by atoms with Gasteiger partial charge < -0.3 is 15.5 Å². The molecule has 2 fully saturated rings. The van der Waals surface area contributed by atoms with Gasteiger partial charge in [0.15, 0.2) is 0 Å². The van der Waals surface area contributed by atoms with Crippen molar-refractivity contribution >= 4 is 11.9 Å². The van der Waals surface area contributed by atoms with E-state index in [0.29, 0.717) is 6.42 Å². The monoisotopic (exact) mass is 329 g/mol. The van der Waals surface area contributed by atoms with Crippen LogP contribution in [0, 0.1) is 0 Å². The summed E-state index contributed by atoms with van der Waals surface area (Å²) in [5, 5.41) is 5.95. The summed E-state index contributed by atoms with van der Waals surface area (Å²) in [5.74, 6) is 0.0397. The Labute approximate surface area is 143 Å². The molecular weight excluding hydrogens is 302 g/mol. The standard InChI is InChI=1S/C19H27N3O2/c23-18(22-12-6-7-13-22)17(14-15-8-2-1-3-9-15)21-19(24)20-16-10-4-5-11-16/h1-3,8-9,16-17H,4-7,10-14H2,(H2,20,21,24). The Morgan fingerprint density at radius 3 is 2.38 bits per heavy atom. The van der Waals surface area contributed by atoms with Crippen LogP contribution in [-0.4, -0.2) is 42.0 Å². The highest BCUT2D eigenvalue weighted by Gasteiger charge is 2.28. The lowest BCUT2D eigenvalue weighted by molar-refractivity contribution is -0.132. The van der Waals surface area contributed by atoms with Crippen molar-refractivity contribution in [2.45, 2.75) is 57.0 Å². The molecule has 2 N–H and O–H groups in total. The van der Waals surface area contributed by atoms with E-state index >= 15 is 0 Å². The molecule has 0 spiro atoms. The lowest BCUT2D eigenvalue weighted by Gasteiger charge is -2.25. The largest absolute Gasteiger partial charge is 0.341 e. The fraction of sp³-hybridized carbons (Fsp3) is 0.579. The molecule has 0 radical (unpaired) electrons. The average molecular weight is 329 g/mol. The lowest BCUT2D eigenvalue weighted by atomic mass is 10.0. The number of nitrogens with zero attached hydrogens (tertiary/aromatic N) is 1. The van der Waals surface area contributed by atoms with E-state index in [9.17, 15) is 9.59 Å². The van der Waals surface area contributed by atoms with Crippen LogP contribution in [0.1, 0.15) is 44.1 Å². The maximum atomic E-state index is 12.8. The van der Waals surface area contributed by atoms with Crippen molar-refractivity contribution in [2.24, 2.45) is 0 Å². The van der Waals surface area contributed by atoms with Crippen molar-refractivity contribution in [1.82, 2.24) is 15.5 Å². The molecule has 1 aliphatic heterocycles.